The first-order chi connectivity index (χ1) is 16.2. The van der Waals surface area contributed by atoms with E-state index in [1.807, 2.05) is 55.5 Å². The molecule has 3 aromatic rings. The summed E-state index contributed by atoms with van der Waals surface area (Å²) in [5, 5.41) is 9.14. The highest BCUT2D eigenvalue weighted by molar-refractivity contribution is 7.99. The van der Waals surface area contributed by atoms with Gasteiger partial charge in [-0.25, -0.2) is 0 Å². The van der Waals surface area contributed by atoms with E-state index in [9.17, 15) is 4.79 Å². The van der Waals surface area contributed by atoms with E-state index in [1.165, 1.54) is 11.8 Å². The third-order valence-electron chi connectivity index (χ3n) is 4.92. The van der Waals surface area contributed by atoms with E-state index in [0.717, 1.165) is 11.1 Å². The molecular formula is C25H24N4O3S. The van der Waals surface area contributed by atoms with Crippen molar-refractivity contribution in [2.75, 3.05) is 17.3 Å². The molecule has 1 aromatic heterocycles. The van der Waals surface area contributed by atoms with Crippen molar-refractivity contribution in [1.82, 2.24) is 15.2 Å². The van der Waals surface area contributed by atoms with Crippen molar-refractivity contribution in [3.8, 4) is 22.9 Å². The molecule has 0 fully saturated rings. The van der Waals surface area contributed by atoms with Crippen molar-refractivity contribution in [3.05, 3.63) is 79.4 Å². The van der Waals surface area contributed by atoms with Crippen LogP contribution < -0.4 is 14.4 Å². The number of hydrogen-bond acceptors (Lipinski definition) is 7. The van der Waals surface area contributed by atoms with Gasteiger partial charge in [-0.2, -0.15) is 4.98 Å². The van der Waals surface area contributed by atoms with Gasteiger partial charge in [0.1, 0.15) is 12.4 Å². The quantitative estimate of drug-likeness (QED) is 0.337. The van der Waals surface area contributed by atoms with Crippen LogP contribution in [0, 0.1) is 0 Å². The van der Waals surface area contributed by atoms with Crippen molar-refractivity contribution < 1.29 is 14.3 Å². The molecule has 0 spiro atoms. The number of anilines is 1. The Balaban J connectivity index is 1.87. The summed E-state index contributed by atoms with van der Waals surface area (Å²) in [6.07, 6.45) is 2.99. The van der Waals surface area contributed by atoms with Gasteiger partial charge in [0.15, 0.2) is 5.69 Å². The van der Waals surface area contributed by atoms with E-state index >= 15 is 0 Å². The Kier molecular flexibility index (Phi) is 7.04. The lowest BCUT2D eigenvalue weighted by Gasteiger charge is -2.30. The van der Waals surface area contributed by atoms with Gasteiger partial charge < -0.3 is 9.47 Å². The molecule has 1 aliphatic heterocycles. The summed E-state index contributed by atoms with van der Waals surface area (Å²) < 4.78 is 12.1. The third-order valence-corrected chi connectivity index (χ3v) is 5.76. The SMILES string of the molecule is C=CCOc1cccc([C@@H]2Oc3nc(SCC=C)nnc3-c3ccccc3N2C(=O)CC)c1. The Bertz CT molecular complexity index is 1180. The van der Waals surface area contributed by atoms with Crippen LogP contribution in [0.3, 0.4) is 0 Å². The second kappa shape index (κ2) is 10.3. The standard InChI is InChI=1S/C25H24N4O3S/c1-4-14-31-18-11-9-10-17(16-18)24-29(21(30)6-3)20-13-8-7-12-19(20)22-23(32-24)26-25(28-27-22)33-15-5-2/h4-5,7-13,16,24H,1-2,6,14-15H2,3H3/t24-/m0/s1. The highest BCUT2D eigenvalue weighted by atomic mass is 32.2. The van der Waals surface area contributed by atoms with E-state index < -0.39 is 6.23 Å². The first-order valence-electron chi connectivity index (χ1n) is 10.6. The monoisotopic (exact) mass is 460 g/mol. The predicted octanol–water partition coefficient (Wildman–Crippen LogP) is 5.22. The van der Waals surface area contributed by atoms with Gasteiger partial charge in [-0.1, -0.05) is 67.7 Å². The predicted molar refractivity (Wildman–Crippen MR) is 129 cm³/mol. The van der Waals surface area contributed by atoms with Gasteiger partial charge in [-0.05, 0) is 18.2 Å². The van der Waals surface area contributed by atoms with E-state index in [4.69, 9.17) is 9.47 Å². The fourth-order valence-electron chi connectivity index (χ4n) is 3.48. The second-order valence-corrected chi connectivity index (χ2v) is 8.11. The van der Waals surface area contributed by atoms with Crippen LogP contribution in [-0.4, -0.2) is 33.4 Å². The van der Waals surface area contributed by atoms with Crippen LogP contribution in [-0.2, 0) is 4.79 Å². The molecule has 0 unspecified atom stereocenters. The molecule has 8 heteroatoms. The lowest BCUT2D eigenvalue weighted by atomic mass is 10.1. The van der Waals surface area contributed by atoms with Crippen LogP contribution in [0.1, 0.15) is 25.1 Å². The molecule has 1 amide bonds. The zero-order valence-electron chi connectivity index (χ0n) is 18.3. The largest absolute Gasteiger partial charge is 0.490 e. The number of carbonyl (C=O) groups excluding carboxylic acids is 1. The summed E-state index contributed by atoms with van der Waals surface area (Å²) in [4.78, 5) is 19.5. The van der Waals surface area contributed by atoms with Crippen LogP contribution in [0.15, 0.2) is 79.0 Å². The minimum absolute atomic E-state index is 0.0908. The maximum atomic E-state index is 13.2. The van der Waals surface area contributed by atoms with Crippen molar-refractivity contribution in [1.29, 1.82) is 0 Å². The molecule has 0 bridgehead atoms. The molecule has 0 saturated heterocycles. The van der Waals surface area contributed by atoms with Gasteiger partial charge >= 0.3 is 0 Å². The average molecular weight is 461 g/mol. The zero-order chi connectivity index (χ0) is 23.2. The number of ether oxygens (including phenoxy) is 2. The van der Waals surface area contributed by atoms with Gasteiger partial charge in [0, 0.05) is 23.3 Å². The molecule has 2 aromatic carbocycles. The number of para-hydroxylation sites is 1. The van der Waals surface area contributed by atoms with Gasteiger partial charge in [-0.15, -0.1) is 16.8 Å². The number of fused-ring (bicyclic) bond motifs is 3. The molecule has 4 rings (SSSR count). The summed E-state index contributed by atoms with van der Waals surface area (Å²) in [7, 11) is 0. The molecule has 0 saturated carbocycles. The van der Waals surface area contributed by atoms with E-state index in [0.29, 0.717) is 46.9 Å². The molecule has 2 heterocycles. The number of hydrogen-bond donors (Lipinski definition) is 0. The summed E-state index contributed by atoms with van der Waals surface area (Å²) in [6, 6.07) is 15.0. The summed E-state index contributed by atoms with van der Waals surface area (Å²) in [5.74, 6) is 1.52. The van der Waals surface area contributed by atoms with Gasteiger partial charge in [0.2, 0.25) is 23.2 Å². The van der Waals surface area contributed by atoms with E-state index in [2.05, 4.69) is 28.3 Å². The average Bonchev–Trinajstić information content (AvgIpc) is 3.00. The Labute approximate surface area is 197 Å². The molecule has 33 heavy (non-hydrogen) atoms. The molecular weight excluding hydrogens is 436 g/mol. The van der Waals surface area contributed by atoms with Gasteiger partial charge in [0.25, 0.3) is 0 Å². The maximum Gasteiger partial charge on any atom is 0.247 e. The normalized spacial score (nSPS) is 14.3. The van der Waals surface area contributed by atoms with Crippen LogP contribution >= 0.6 is 11.8 Å². The Morgan fingerprint density at radius 2 is 2.03 bits per heavy atom. The minimum Gasteiger partial charge on any atom is -0.490 e. The lowest BCUT2D eigenvalue weighted by molar-refractivity contribution is -0.120. The van der Waals surface area contributed by atoms with E-state index in [1.54, 1.807) is 17.1 Å². The van der Waals surface area contributed by atoms with Crippen molar-refractivity contribution in [3.63, 3.8) is 0 Å². The van der Waals surface area contributed by atoms with Crippen molar-refractivity contribution in [2.24, 2.45) is 0 Å². The van der Waals surface area contributed by atoms with Crippen LogP contribution in [0.2, 0.25) is 0 Å². The number of thioether (sulfide) groups is 1. The summed E-state index contributed by atoms with van der Waals surface area (Å²) in [6.45, 7) is 9.63. The number of nitrogens with zero attached hydrogens (tertiary/aromatic N) is 4. The number of carbonyl (C=O) groups is 1. The smallest absolute Gasteiger partial charge is 0.247 e. The second-order valence-electron chi connectivity index (χ2n) is 7.12. The number of benzene rings is 2. The van der Waals surface area contributed by atoms with Gasteiger partial charge in [-0.3, -0.25) is 9.69 Å². The Morgan fingerprint density at radius 1 is 1.18 bits per heavy atom. The molecule has 0 aliphatic carbocycles. The van der Waals surface area contributed by atoms with Crippen molar-refractivity contribution >= 4 is 23.4 Å². The molecule has 168 valence electrons. The Morgan fingerprint density at radius 3 is 2.82 bits per heavy atom. The zero-order valence-corrected chi connectivity index (χ0v) is 19.1. The Hall–Kier alpha value is -3.65. The molecule has 7 nitrogen and oxygen atoms in total. The van der Waals surface area contributed by atoms with E-state index in [-0.39, 0.29) is 5.91 Å². The number of amides is 1. The first-order valence-corrected chi connectivity index (χ1v) is 11.5. The molecule has 1 aliphatic rings. The maximum absolute atomic E-state index is 13.2. The molecule has 0 radical (unpaired) electrons. The van der Waals surface area contributed by atoms with Crippen LogP contribution in [0.25, 0.3) is 11.3 Å². The number of aromatic nitrogens is 3. The fraction of sp³-hybridized carbons (Fsp3) is 0.200. The van der Waals surface area contributed by atoms with Crippen molar-refractivity contribution in [2.45, 2.75) is 24.7 Å². The number of rotatable bonds is 8. The fourth-order valence-corrected chi connectivity index (χ4v) is 3.99. The highest BCUT2D eigenvalue weighted by Gasteiger charge is 2.35. The molecule has 0 N–H and O–H groups in total. The summed E-state index contributed by atoms with van der Waals surface area (Å²) in [5.41, 5.74) is 2.66. The molecule has 1 atom stereocenters. The topological polar surface area (TPSA) is 77.4 Å². The third kappa shape index (κ3) is 4.75. The first kappa shape index (κ1) is 22.5. The van der Waals surface area contributed by atoms with Crippen LogP contribution in [0.5, 0.6) is 11.6 Å². The summed E-state index contributed by atoms with van der Waals surface area (Å²) >= 11 is 1.41. The lowest BCUT2D eigenvalue weighted by Crippen LogP contribution is -2.37. The highest BCUT2D eigenvalue weighted by Crippen LogP contribution is 2.43. The van der Waals surface area contributed by atoms with Crippen LogP contribution in [0.4, 0.5) is 5.69 Å². The van der Waals surface area contributed by atoms with Gasteiger partial charge in [0.05, 0.1) is 5.69 Å². The minimum atomic E-state index is -0.763.